The molecule has 144 valence electrons. The van der Waals surface area contributed by atoms with E-state index >= 15 is 0 Å². The third-order valence-electron chi connectivity index (χ3n) is 5.45. The average molecular weight is 375 g/mol. The summed E-state index contributed by atoms with van der Waals surface area (Å²) in [6.07, 6.45) is 0. The van der Waals surface area contributed by atoms with Crippen LogP contribution in [0.1, 0.15) is 5.56 Å². The molecule has 0 aliphatic carbocycles. The van der Waals surface area contributed by atoms with Crippen LogP contribution in [0.3, 0.4) is 0 Å². The van der Waals surface area contributed by atoms with E-state index in [-0.39, 0.29) is 0 Å². The minimum atomic E-state index is 0.858. The van der Waals surface area contributed by atoms with Gasteiger partial charge in [-0.15, -0.1) is 0 Å². The van der Waals surface area contributed by atoms with E-state index < -0.39 is 0 Å². The van der Waals surface area contributed by atoms with Crippen molar-refractivity contribution in [3.05, 3.63) is 54.1 Å². The molecule has 1 aliphatic heterocycles. The molecule has 0 amide bonds. The number of fused-ring (bicyclic) bond motifs is 2. The lowest BCUT2D eigenvalue weighted by Gasteiger charge is -2.26. The average Bonchev–Trinajstić information content (AvgIpc) is 3.35. The zero-order chi connectivity index (χ0) is 18.8. The first-order valence-electron chi connectivity index (χ1n) is 9.93. The maximum Gasteiger partial charge on any atom is 0.116 e. The lowest BCUT2D eigenvalue weighted by molar-refractivity contribution is 0.0384. The minimum absolute atomic E-state index is 0.858. The number of aromatic amines is 2. The van der Waals surface area contributed by atoms with Crippen LogP contribution in [-0.4, -0.2) is 59.5 Å². The summed E-state index contributed by atoms with van der Waals surface area (Å²) in [6, 6.07) is 17.0. The molecule has 0 radical (unpaired) electrons. The highest BCUT2D eigenvalue weighted by Gasteiger charge is 2.11. The van der Waals surface area contributed by atoms with Crippen molar-refractivity contribution in [2.45, 2.75) is 6.54 Å². The van der Waals surface area contributed by atoms with Gasteiger partial charge >= 0.3 is 0 Å². The van der Waals surface area contributed by atoms with Crippen molar-refractivity contribution in [2.24, 2.45) is 0 Å². The fourth-order valence-electron chi connectivity index (χ4n) is 3.88. The van der Waals surface area contributed by atoms with Crippen molar-refractivity contribution in [3.63, 3.8) is 0 Å². The van der Waals surface area contributed by atoms with Crippen LogP contribution in [0.25, 0.3) is 33.2 Å². The predicted molar refractivity (Wildman–Crippen MR) is 112 cm³/mol. The third kappa shape index (κ3) is 3.54. The molecule has 2 aromatic heterocycles. The number of rotatable bonds is 6. The zero-order valence-corrected chi connectivity index (χ0v) is 15.9. The van der Waals surface area contributed by atoms with Crippen LogP contribution in [0.5, 0.6) is 0 Å². The van der Waals surface area contributed by atoms with Crippen molar-refractivity contribution < 1.29 is 4.74 Å². The molecule has 1 fully saturated rings. The van der Waals surface area contributed by atoms with Gasteiger partial charge in [-0.3, -0.25) is 10.00 Å². The number of para-hydroxylation sites is 1. The van der Waals surface area contributed by atoms with E-state index in [1.807, 2.05) is 12.1 Å². The summed E-state index contributed by atoms with van der Waals surface area (Å²) in [5, 5.41) is 13.5. The fraction of sp³-hybridized carbons (Fsp3) is 0.318. The van der Waals surface area contributed by atoms with E-state index in [2.05, 4.69) is 61.8 Å². The maximum atomic E-state index is 5.40. The topological polar surface area (TPSA) is 69.0 Å². The Kier molecular flexibility index (Phi) is 4.83. The molecule has 1 saturated heterocycles. The van der Waals surface area contributed by atoms with Crippen LogP contribution in [-0.2, 0) is 11.3 Å². The number of ether oxygens (including phenoxy) is 1. The van der Waals surface area contributed by atoms with Gasteiger partial charge in [0.1, 0.15) is 5.69 Å². The van der Waals surface area contributed by atoms with Gasteiger partial charge in [0.2, 0.25) is 0 Å². The SMILES string of the molecule is c1ccc2c(-c3cc4ccc(CNCCN5CCOCC5)cc4[nH]3)n[nH]c2c1. The molecule has 3 N–H and O–H groups in total. The molecule has 1 aliphatic rings. The number of nitrogens with zero attached hydrogens (tertiary/aromatic N) is 2. The molecule has 5 rings (SSSR count). The van der Waals surface area contributed by atoms with E-state index in [0.717, 1.165) is 73.7 Å². The van der Waals surface area contributed by atoms with Crippen molar-refractivity contribution in [3.8, 4) is 11.4 Å². The number of morpholine rings is 1. The molecule has 3 heterocycles. The van der Waals surface area contributed by atoms with E-state index in [4.69, 9.17) is 4.74 Å². The van der Waals surface area contributed by atoms with Gasteiger partial charge in [-0.2, -0.15) is 5.10 Å². The number of nitrogens with one attached hydrogen (secondary N) is 3. The van der Waals surface area contributed by atoms with Gasteiger partial charge in [0.25, 0.3) is 0 Å². The highest BCUT2D eigenvalue weighted by Crippen LogP contribution is 2.28. The second-order valence-corrected chi connectivity index (χ2v) is 7.35. The fourth-order valence-corrected chi connectivity index (χ4v) is 3.88. The van der Waals surface area contributed by atoms with Crippen LogP contribution in [0.2, 0.25) is 0 Å². The second-order valence-electron chi connectivity index (χ2n) is 7.35. The molecule has 28 heavy (non-hydrogen) atoms. The van der Waals surface area contributed by atoms with E-state index in [0.29, 0.717) is 0 Å². The number of hydrogen-bond acceptors (Lipinski definition) is 4. The smallest absolute Gasteiger partial charge is 0.116 e. The molecule has 0 spiro atoms. The van der Waals surface area contributed by atoms with Gasteiger partial charge in [-0.05, 0) is 23.8 Å². The van der Waals surface area contributed by atoms with Crippen LogP contribution >= 0.6 is 0 Å². The van der Waals surface area contributed by atoms with Gasteiger partial charge < -0.3 is 15.0 Å². The first-order valence-corrected chi connectivity index (χ1v) is 9.93. The quantitative estimate of drug-likeness (QED) is 0.453. The van der Waals surface area contributed by atoms with Crippen LogP contribution in [0.15, 0.2) is 48.5 Å². The van der Waals surface area contributed by atoms with Gasteiger partial charge in [-0.1, -0.05) is 30.3 Å². The first-order chi connectivity index (χ1) is 13.9. The molecule has 0 bridgehead atoms. The van der Waals surface area contributed by atoms with E-state index in [9.17, 15) is 0 Å². The van der Waals surface area contributed by atoms with Crippen LogP contribution < -0.4 is 5.32 Å². The van der Waals surface area contributed by atoms with Crippen molar-refractivity contribution >= 4 is 21.8 Å². The Labute approximate surface area is 163 Å². The summed E-state index contributed by atoms with van der Waals surface area (Å²) in [5.41, 5.74) is 5.51. The Morgan fingerprint density at radius 1 is 1.04 bits per heavy atom. The highest BCUT2D eigenvalue weighted by atomic mass is 16.5. The largest absolute Gasteiger partial charge is 0.379 e. The van der Waals surface area contributed by atoms with Gasteiger partial charge in [0, 0.05) is 49.0 Å². The maximum absolute atomic E-state index is 5.40. The number of hydrogen-bond donors (Lipinski definition) is 3. The molecule has 2 aromatic carbocycles. The van der Waals surface area contributed by atoms with Crippen LogP contribution in [0.4, 0.5) is 0 Å². The summed E-state index contributed by atoms with van der Waals surface area (Å²) in [7, 11) is 0. The monoisotopic (exact) mass is 375 g/mol. The zero-order valence-electron chi connectivity index (χ0n) is 15.9. The van der Waals surface area contributed by atoms with E-state index in [1.54, 1.807) is 0 Å². The van der Waals surface area contributed by atoms with Gasteiger partial charge in [0.05, 0.1) is 24.4 Å². The van der Waals surface area contributed by atoms with Crippen LogP contribution in [0, 0.1) is 0 Å². The predicted octanol–water partition coefficient (Wildman–Crippen LogP) is 3.13. The Balaban J connectivity index is 1.27. The molecular formula is C22H25N5O. The standard InChI is InChI=1S/C22H25N5O/c1-2-4-19-18(3-1)22(26-25-19)21-14-17-6-5-16(13-20(17)24-21)15-23-7-8-27-9-11-28-12-10-27/h1-6,13-14,23-24H,7-12,15H2,(H,25,26). The summed E-state index contributed by atoms with van der Waals surface area (Å²) in [6.45, 7) is 6.74. The number of aromatic nitrogens is 3. The minimum Gasteiger partial charge on any atom is -0.379 e. The Bertz CT molecular complexity index is 1080. The molecule has 6 nitrogen and oxygen atoms in total. The summed E-state index contributed by atoms with van der Waals surface area (Å²) < 4.78 is 5.40. The molecule has 4 aromatic rings. The number of benzene rings is 2. The Morgan fingerprint density at radius 2 is 1.93 bits per heavy atom. The molecular weight excluding hydrogens is 350 g/mol. The Morgan fingerprint density at radius 3 is 2.86 bits per heavy atom. The number of H-pyrrole nitrogens is 2. The summed E-state index contributed by atoms with van der Waals surface area (Å²) in [5.74, 6) is 0. The van der Waals surface area contributed by atoms with Crippen molar-refractivity contribution in [2.75, 3.05) is 39.4 Å². The second kappa shape index (κ2) is 7.75. The third-order valence-corrected chi connectivity index (χ3v) is 5.45. The summed E-state index contributed by atoms with van der Waals surface area (Å²) in [4.78, 5) is 5.99. The van der Waals surface area contributed by atoms with E-state index in [1.165, 1.54) is 10.9 Å². The molecule has 0 atom stereocenters. The normalized spacial score (nSPS) is 15.6. The highest BCUT2D eigenvalue weighted by molar-refractivity contribution is 5.95. The lowest BCUT2D eigenvalue weighted by Crippen LogP contribution is -2.40. The van der Waals surface area contributed by atoms with Crippen molar-refractivity contribution in [1.82, 2.24) is 25.4 Å². The summed E-state index contributed by atoms with van der Waals surface area (Å²) >= 11 is 0. The molecule has 0 unspecified atom stereocenters. The van der Waals surface area contributed by atoms with Gasteiger partial charge in [-0.25, -0.2) is 0 Å². The molecule has 6 heteroatoms. The van der Waals surface area contributed by atoms with Crippen molar-refractivity contribution in [1.29, 1.82) is 0 Å². The Hall–Kier alpha value is -2.67. The van der Waals surface area contributed by atoms with Gasteiger partial charge in [0.15, 0.2) is 0 Å². The lowest BCUT2D eigenvalue weighted by atomic mass is 10.1. The molecule has 0 saturated carbocycles. The first kappa shape index (κ1) is 17.4.